The normalized spacial score (nSPS) is 11.6. The van der Waals surface area contributed by atoms with E-state index in [1.165, 1.54) is 0 Å². The van der Waals surface area contributed by atoms with Crippen LogP contribution in [0.15, 0.2) is 34.3 Å². The first-order chi connectivity index (χ1) is 4.79. The van der Waals surface area contributed by atoms with Crippen molar-refractivity contribution in [1.82, 2.24) is 0 Å². The van der Waals surface area contributed by atoms with Gasteiger partial charge in [0.2, 0.25) is 0 Å². The Kier molecular flexibility index (Phi) is 2.97. The van der Waals surface area contributed by atoms with Crippen LogP contribution in [-0.2, 0) is 0 Å². The third kappa shape index (κ3) is 2.54. The predicted molar refractivity (Wildman–Crippen MR) is 49.2 cm³/mol. The molecule has 1 aromatic rings. The third-order valence-corrected chi connectivity index (χ3v) is 1.41. The summed E-state index contributed by atoms with van der Waals surface area (Å²) in [6.07, 6.45) is 1.85. The first kappa shape index (κ1) is 7.83. The van der Waals surface area contributed by atoms with Gasteiger partial charge in [-0.1, -0.05) is 41.9 Å². The lowest BCUT2D eigenvalue weighted by atomic mass is 10.2. The molecular weight excluding hydrogens is 211 g/mol. The molecule has 0 spiro atoms. The maximum atomic E-state index is 5.59. The van der Waals surface area contributed by atoms with Crippen LogP contribution in [0.1, 0.15) is 5.56 Å². The molecule has 0 aromatic heterocycles. The molecule has 0 saturated carbocycles. The Balaban J connectivity index is 2.87. The maximum Gasteiger partial charge on any atom is 0.0839 e. The SMILES string of the molecule is ClC(Br)=Cc1ccccc1. The first-order valence-corrected chi connectivity index (χ1v) is 4.04. The lowest BCUT2D eigenvalue weighted by Crippen LogP contribution is -1.66. The third-order valence-electron chi connectivity index (χ3n) is 1.08. The topological polar surface area (TPSA) is 0 Å². The van der Waals surface area contributed by atoms with Gasteiger partial charge < -0.3 is 0 Å². The van der Waals surface area contributed by atoms with E-state index < -0.39 is 0 Å². The zero-order valence-electron chi connectivity index (χ0n) is 5.22. The smallest absolute Gasteiger partial charge is 0.0761 e. The fourth-order valence-corrected chi connectivity index (χ4v) is 1.07. The Morgan fingerprint density at radius 3 is 2.40 bits per heavy atom. The van der Waals surface area contributed by atoms with E-state index in [9.17, 15) is 0 Å². The van der Waals surface area contributed by atoms with Gasteiger partial charge >= 0.3 is 0 Å². The summed E-state index contributed by atoms with van der Waals surface area (Å²) in [6, 6.07) is 9.89. The zero-order valence-corrected chi connectivity index (χ0v) is 7.56. The van der Waals surface area contributed by atoms with Gasteiger partial charge in [0.25, 0.3) is 0 Å². The minimum absolute atomic E-state index is 0.624. The first-order valence-electron chi connectivity index (χ1n) is 2.87. The number of hydrogen-bond acceptors (Lipinski definition) is 0. The van der Waals surface area contributed by atoms with E-state index in [1.54, 1.807) is 0 Å². The summed E-state index contributed by atoms with van der Waals surface area (Å²) in [7, 11) is 0. The molecular formula is C8H6BrCl. The van der Waals surface area contributed by atoms with Gasteiger partial charge in [-0.25, -0.2) is 0 Å². The number of halogens is 2. The van der Waals surface area contributed by atoms with Crippen molar-refractivity contribution >= 4 is 33.6 Å². The van der Waals surface area contributed by atoms with Crippen LogP contribution in [0.5, 0.6) is 0 Å². The summed E-state index contributed by atoms with van der Waals surface area (Å²) in [4.78, 5) is 0. The molecule has 0 fully saturated rings. The number of hydrogen-bond donors (Lipinski definition) is 0. The van der Waals surface area contributed by atoms with E-state index in [4.69, 9.17) is 11.6 Å². The van der Waals surface area contributed by atoms with E-state index >= 15 is 0 Å². The lowest BCUT2D eigenvalue weighted by Gasteiger charge is -1.89. The van der Waals surface area contributed by atoms with Crippen molar-refractivity contribution in [3.8, 4) is 0 Å². The molecule has 1 rings (SSSR count). The maximum absolute atomic E-state index is 5.59. The summed E-state index contributed by atoms with van der Waals surface area (Å²) in [5.74, 6) is 0. The van der Waals surface area contributed by atoms with E-state index in [-0.39, 0.29) is 0 Å². The van der Waals surface area contributed by atoms with E-state index in [0.717, 1.165) is 5.56 Å². The number of rotatable bonds is 1. The average molecular weight is 217 g/mol. The Morgan fingerprint density at radius 2 is 1.90 bits per heavy atom. The molecule has 0 heterocycles. The van der Waals surface area contributed by atoms with Crippen LogP contribution < -0.4 is 0 Å². The van der Waals surface area contributed by atoms with Crippen LogP contribution in [0.4, 0.5) is 0 Å². The Labute approximate surface area is 73.6 Å². The van der Waals surface area contributed by atoms with Crippen molar-refractivity contribution in [3.63, 3.8) is 0 Å². The van der Waals surface area contributed by atoms with Crippen LogP contribution in [-0.4, -0.2) is 0 Å². The summed E-state index contributed by atoms with van der Waals surface area (Å²) in [5.41, 5.74) is 1.10. The molecule has 10 heavy (non-hydrogen) atoms. The van der Waals surface area contributed by atoms with E-state index in [2.05, 4.69) is 15.9 Å². The van der Waals surface area contributed by atoms with Crippen LogP contribution in [0.3, 0.4) is 0 Å². The molecule has 0 saturated heterocycles. The van der Waals surface area contributed by atoms with Gasteiger partial charge in [0.05, 0.1) is 3.94 Å². The average Bonchev–Trinajstić information content (AvgIpc) is 1.88. The minimum Gasteiger partial charge on any atom is -0.0761 e. The van der Waals surface area contributed by atoms with Gasteiger partial charge in [-0.2, -0.15) is 0 Å². The van der Waals surface area contributed by atoms with Crippen LogP contribution in [0.25, 0.3) is 6.08 Å². The fraction of sp³-hybridized carbons (Fsp3) is 0. The fourth-order valence-electron chi connectivity index (χ4n) is 0.675. The summed E-state index contributed by atoms with van der Waals surface area (Å²) in [5, 5.41) is 0. The second-order valence-electron chi connectivity index (χ2n) is 1.84. The lowest BCUT2D eigenvalue weighted by molar-refractivity contribution is 1.66. The molecule has 1 aromatic carbocycles. The van der Waals surface area contributed by atoms with Crippen molar-refractivity contribution in [3.05, 3.63) is 39.8 Å². The van der Waals surface area contributed by atoms with E-state index in [1.807, 2.05) is 36.4 Å². The number of benzene rings is 1. The molecule has 0 N–H and O–H groups in total. The van der Waals surface area contributed by atoms with Gasteiger partial charge in [-0.3, -0.25) is 0 Å². The van der Waals surface area contributed by atoms with Crippen LogP contribution in [0.2, 0.25) is 0 Å². The molecule has 0 nitrogen and oxygen atoms in total. The highest BCUT2D eigenvalue weighted by Gasteiger charge is 1.84. The van der Waals surface area contributed by atoms with Crippen molar-refractivity contribution in [2.75, 3.05) is 0 Å². The largest absolute Gasteiger partial charge is 0.0839 e. The van der Waals surface area contributed by atoms with Crippen LogP contribution in [0, 0.1) is 0 Å². The molecule has 0 aliphatic heterocycles. The molecule has 0 atom stereocenters. The second kappa shape index (κ2) is 3.79. The van der Waals surface area contributed by atoms with Crippen molar-refractivity contribution in [2.24, 2.45) is 0 Å². The van der Waals surface area contributed by atoms with Crippen molar-refractivity contribution in [1.29, 1.82) is 0 Å². The molecule has 52 valence electrons. The van der Waals surface area contributed by atoms with Gasteiger partial charge in [0.1, 0.15) is 0 Å². The minimum atomic E-state index is 0.624. The Bertz CT molecular complexity index is 224. The molecule has 0 radical (unpaired) electrons. The molecule has 0 amide bonds. The highest BCUT2D eigenvalue weighted by Crippen LogP contribution is 2.14. The highest BCUT2D eigenvalue weighted by atomic mass is 79.9. The van der Waals surface area contributed by atoms with Crippen molar-refractivity contribution in [2.45, 2.75) is 0 Å². The quantitative estimate of drug-likeness (QED) is 0.674. The molecule has 0 unspecified atom stereocenters. The second-order valence-corrected chi connectivity index (χ2v) is 3.56. The van der Waals surface area contributed by atoms with Gasteiger partial charge in [0, 0.05) is 0 Å². The Hall–Kier alpha value is -0.270. The summed E-state index contributed by atoms with van der Waals surface area (Å²) in [6.45, 7) is 0. The Morgan fingerprint density at radius 1 is 1.30 bits per heavy atom. The summed E-state index contributed by atoms with van der Waals surface area (Å²) < 4.78 is 0.624. The monoisotopic (exact) mass is 216 g/mol. The van der Waals surface area contributed by atoms with E-state index in [0.29, 0.717) is 3.94 Å². The zero-order chi connectivity index (χ0) is 7.40. The van der Waals surface area contributed by atoms with Gasteiger partial charge in [-0.05, 0) is 27.6 Å². The predicted octanol–water partition coefficient (Wildman–Crippen LogP) is 3.62. The highest BCUT2D eigenvalue weighted by molar-refractivity contribution is 9.12. The molecule has 0 aliphatic carbocycles. The summed E-state index contributed by atoms with van der Waals surface area (Å²) >= 11 is 8.73. The van der Waals surface area contributed by atoms with Crippen molar-refractivity contribution < 1.29 is 0 Å². The molecule has 0 bridgehead atoms. The van der Waals surface area contributed by atoms with Gasteiger partial charge in [-0.15, -0.1) is 0 Å². The molecule has 2 heteroatoms. The molecule has 0 aliphatic rings. The standard InChI is InChI=1S/C8H6BrCl/c9-8(10)6-7-4-2-1-3-5-7/h1-6H. The van der Waals surface area contributed by atoms with Crippen LogP contribution >= 0.6 is 27.5 Å². The van der Waals surface area contributed by atoms with Gasteiger partial charge in [0.15, 0.2) is 0 Å².